The van der Waals surface area contributed by atoms with E-state index in [1.807, 2.05) is 11.3 Å². The van der Waals surface area contributed by atoms with Gasteiger partial charge in [-0.1, -0.05) is 19.8 Å². The van der Waals surface area contributed by atoms with Gasteiger partial charge in [0.1, 0.15) is 5.01 Å². The Hall–Kier alpha value is -0.450. The molecular weight excluding hydrogens is 242 g/mol. The van der Waals surface area contributed by atoms with Crippen molar-refractivity contribution in [2.24, 2.45) is 5.73 Å². The van der Waals surface area contributed by atoms with Gasteiger partial charge in [0.15, 0.2) is 0 Å². The van der Waals surface area contributed by atoms with E-state index in [9.17, 15) is 0 Å². The molecule has 1 fully saturated rings. The number of hydrogen-bond donors (Lipinski definition) is 1. The second kappa shape index (κ2) is 6.64. The minimum Gasteiger partial charge on any atom is -0.326 e. The maximum atomic E-state index is 5.81. The molecule has 1 saturated heterocycles. The van der Waals surface area contributed by atoms with E-state index in [0.29, 0.717) is 12.6 Å². The van der Waals surface area contributed by atoms with E-state index in [1.54, 1.807) is 0 Å². The third-order valence-corrected chi connectivity index (χ3v) is 4.88. The topological polar surface area (TPSA) is 42.2 Å². The number of rotatable bonds is 5. The number of piperidine rings is 1. The fourth-order valence-corrected chi connectivity index (χ4v) is 3.68. The molecule has 0 spiro atoms. The predicted molar refractivity (Wildman–Crippen MR) is 77.7 cm³/mol. The Morgan fingerprint density at radius 1 is 1.44 bits per heavy atom. The Kier molecular flexibility index (Phi) is 5.15. The van der Waals surface area contributed by atoms with Crippen molar-refractivity contribution in [2.45, 2.75) is 65.1 Å². The zero-order valence-electron chi connectivity index (χ0n) is 11.6. The zero-order valence-corrected chi connectivity index (χ0v) is 12.4. The lowest BCUT2D eigenvalue weighted by atomic mass is 10.0. The molecular formula is C14H25N3S. The second-order valence-corrected chi connectivity index (χ2v) is 6.42. The smallest absolute Gasteiger partial charge is 0.107 e. The van der Waals surface area contributed by atoms with Crippen LogP contribution >= 0.6 is 11.3 Å². The van der Waals surface area contributed by atoms with Crippen molar-refractivity contribution in [1.82, 2.24) is 9.88 Å². The molecule has 2 rings (SSSR count). The molecule has 0 bridgehead atoms. The molecule has 102 valence electrons. The number of aryl methyl sites for hydroxylation is 1. The van der Waals surface area contributed by atoms with Gasteiger partial charge in [0.2, 0.25) is 0 Å². The number of nitrogens with zero attached hydrogens (tertiary/aromatic N) is 2. The molecule has 1 atom stereocenters. The second-order valence-electron chi connectivity index (χ2n) is 5.25. The fourth-order valence-electron chi connectivity index (χ4n) is 2.66. The summed E-state index contributed by atoms with van der Waals surface area (Å²) in [7, 11) is 0. The van der Waals surface area contributed by atoms with E-state index in [0.717, 1.165) is 19.4 Å². The molecule has 1 aromatic rings. The van der Waals surface area contributed by atoms with E-state index >= 15 is 0 Å². The van der Waals surface area contributed by atoms with Crippen molar-refractivity contribution in [1.29, 1.82) is 0 Å². The molecule has 1 aliphatic rings. The first kappa shape index (κ1) is 14.0. The molecule has 1 aliphatic heterocycles. The van der Waals surface area contributed by atoms with Crippen LogP contribution in [0.5, 0.6) is 0 Å². The Morgan fingerprint density at radius 3 is 2.94 bits per heavy atom. The molecule has 3 nitrogen and oxygen atoms in total. The molecule has 0 saturated carbocycles. The number of likely N-dealkylation sites (tertiary alicyclic amines) is 1. The molecule has 2 heterocycles. The molecule has 0 amide bonds. The van der Waals surface area contributed by atoms with Crippen LogP contribution in [0.25, 0.3) is 0 Å². The van der Waals surface area contributed by atoms with Crippen LogP contribution in [0.1, 0.15) is 55.1 Å². The van der Waals surface area contributed by atoms with Crippen molar-refractivity contribution in [3.8, 4) is 0 Å². The third kappa shape index (κ3) is 3.31. The van der Waals surface area contributed by atoms with Crippen molar-refractivity contribution in [3.63, 3.8) is 0 Å². The third-order valence-electron chi connectivity index (χ3n) is 3.77. The predicted octanol–water partition coefficient (Wildman–Crippen LogP) is 2.93. The largest absolute Gasteiger partial charge is 0.326 e. The van der Waals surface area contributed by atoms with E-state index < -0.39 is 0 Å². The van der Waals surface area contributed by atoms with Crippen LogP contribution in [0.15, 0.2) is 0 Å². The van der Waals surface area contributed by atoms with Gasteiger partial charge >= 0.3 is 0 Å². The lowest BCUT2D eigenvalue weighted by Crippen LogP contribution is -2.36. The average molecular weight is 267 g/mol. The molecule has 18 heavy (non-hydrogen) atoms. The van der Waals surface area contributed by atoms with Crippen molar-refractivity contribution in [2.75, 3.05) is 6.54 Å². The summed E-state index contributed by atoms with van der Waals surface area (Å²) in [6.07, 6.45) is 6.26. The molecule has 1 unspecified atom stereocenters. The van der Waals surface area contributed by atoms with Crippen LogP contribution in [-0.4, -0.2) is 22.5 Å². The lowest BCUT2D eigenvalue weighted by molar-refractivity contribution is 0.152. The van der Waals surface area contributed by atoms with E-state index in [2.05, 4.69) is 18.7 Å². The fraction of sp³-hybridized carbons (Fsp3) is 0.786. The van der Waals surface area contributed by atoms with E-state index in [1.165, 1.54) is 41.4 Å². The summed E-state index contributed by atoms with van der Waals surface area (Å²) in [5.41, 5.74) is 7.05. The standard InChI is InChI=1S/C14H25N3S/c1-3-6-12-13(9-15)18-14(16-12)10-17-8-5-4-7-11(17)2/h11H,3-10,15H2,1-2H3. The summed E-state index contributed by atoms with van der Waals surface area (Å²) >= 11 is 1.82. The van der Waals surface area contributed by atoms with Crippen molar-refractivity contribution in [3.05, 3.63) is 15.6 Å². The van der Waals surface area contributed by atoms with Gasteiger partial charge in [-0.3, -0.25) is 4.90 Å². The molecule has 0 aliphatic carbocycles. The summed E-state index contributed by atoms with van der Waals surface area (Å²) in [6, 6.07) is 0.707. The quantitative estimate of drug-likeness (QED) is 0.892. The Labute approximate surface area is 114 Å². The first-order chi connectivity index (χ1) is 8.74. The highest BCUT2D eigenvalue weighted by molar-refractivity contribution is 7.11. The molecule has 1 aromatic heterocycles. The summed E-state index contributed by atoms with van der Waals surface area (Å²) in [6.45, 7) is 7.42. The van der Waals surface area contributed by atoms with Gasteiger partial charge in [-0.2, -0.15) is 0 Å². The van der Waals surface area contributed by atoms with Crippen molar-refractivity contribution < 1.29 is 0 Å². The van der Waals surface area contributed by atoms with Gasteiger partial charge in [0.25, 0.3) is 0 Å². The van der Waals surface area contributed by atoms with Crippen LogP contribution in [0.4, 0.5) is 0 Å². The Balaban J connectivity index is 2.04. The number of thiazole rings is 1. The zero-order chi connectivity index (χ0) is 13.0. The van der Waals surface area contributed by atoms with Gasteiger partial charge in [0.05, 0.1) is 12.2 Å². The maximum absolute atomic E-state index is 5.81. The van der Waals surface area contributed by atoms with Crippen LogP contribution in [0.2, 0.25) is 0 Å². The first-order valence-corrected chi connectivity index (χ1v) is 7.97. The molecule has 0 radical (unpaired) electrons. The summed E-state index contributed by atoms with van der Waals surface area (Å²) in [5, 5.41) is 1.26. The van der Waals surface area contributed by atoms with E-state index in [4.69, 9.17) is 10.7 Å². The first-order valence-electron chi connectivity index (χ1n) is 7.16. The minimum absolute atomic E-state index is 0.641. The van der Waals surface area contributed by atoms with Crippen molar-refractivity contribution >= 4 is 11.3 Å². The molecule has 0 aromatic carbocycles. The highest BCUT2D eigenvalue weighted by Gasteiger charge is 2.20. The van der Waals surface area contributed by atoms with Gasteiger partial charge in [-0.25, -0.2) is 4.98 Å². The van der Waals surface area contributed by atoms with Crippen LogP contribution < -0.4 is 5.73 Å². The normalized spacial score (nSPS) is 21.4. The summed E-state index contributed by atoms with van der Waals surface area (Å²) in [5.74, 6) is 0. The average Bonchev–Trinajstić information content (AvgIpc) is 2.75. The highest BCUT2D eigenvalue weighted by atomic mass is 32.1. The number of aromatic nitrogens is 1. The van der Waals surface area contributed by atoms with Gasteiger partial charge in [-0.15, -0.1) is 11.3 Å². The maximum Gasteiger partial charge on any atom is 0.107 e. The highest BCUT2D eigenvalue weighted by Crippen LogP contribution is 2.24. The Bertz CT molecular complexity index is 375. The van der Waals surface area contributed by atoms with Crippen LogP contribution in [0.3, 0.4) is 0 Å². The van der Waals surface area contributed by atoms with Gasteiger partial charge < -0.3 is 5.73 Å². The van der Waals surface area contributed by atoms with Crippen LogP contribution in [0, 0.1) is 0 Å². The number of hydrogen-bond acceptors (Lipinski definition) is 4. The summed E-state index contributed by atoms with van der Waals surface area (Å²) in [4.78, 5) is 8.65. The van der Waals surface area contributed by atoms with E-state index in [-0.39, 0.29) is 0 Å². The number of nitrogens with two attached hydrogens (primary N) is 1. The van der Waals surface area contributed by atoms with Gasteiger partial charge in [-0.05, 0) is 32.7 Å². The minimum atomic E-state index is 0.641. The summed E-state index contributed by atoms with van der Waals surface area (Å²) < 4.78 is 0. The molecule has 2 N–H and O–H groups in total. The Morgan fingerprint density at radius 2 is 2.28 bits per heavy atom. The monoisotopic (exact) mass is 267 g/mol. The lowest BCUT2D eigenvalue weighted by Gasteiger charge is -2.32. The van der Waals surface area contributed by atoms with Crippen LogP contribution in [-0.2, 0) is 19.5 Å². The molecule has 4 heteroatoms. The SMILES string of the molecule is CCCc1nc(CN2CCCCC2C)sc1CN. The van der Waals surface area contributed by atoms with Gasteiger partial charge in [0, 0.05) is 17.5 Å².